The number of nitrogens with zero attached hydrogens (tertiary/aromatic N) is 1. The van der Waals surface area contributed by atoms with Gasteiger partial charge in [0.15, 0.2) is 5.58 Å². The van der Waals surface area contributed by atoms with Gasteiger partial charge in [-0.2, -0.15) is 0 Å². The molecule has 3 rings (SSSR count). The highest BCUT2D eigenvalue weighted by Crippen LogP contribution is 2.19. The fourth-order valence-electron chi connectivity index (χ4n) is 2.29. The van der Waals surface area contributed by atoms with Crippen molar-refractivity contribution in [3.8, 4) is 0 Å². The molecular weight excluding hydrogens is 306 g/mol. The fourth-order valence-corrected chi connectivity index (χ4v) is 2.45. The third-order valence-electron chi connectivity index (χ3n) is 3.32. The van der Waals surface area contributed by atoms with E-state index in [9.17, 15) is 9.59 Å². The van der Waals surface area contributed by atoms with Gasteiger partial charge in [0.2, 0.25) is 0 Å². The second-order valence-electron chi connectivity index (χ2n) is 4.76. The Labute approximate surface area is 130 Å². The minimum Gasteiger partial charge on any atom is -0.465 e. The van der Waals surface area contributed by atoms with Crippen LogP contribution >= 0.6 is 11.6 Å². The summed E-state index contributed by atoms with van der Waals surface area (Å²) in [5, 5.41) is 0.501. The van der Waals surface area contributed by atoms with Gasteiger partial charge in [-0.1, -0.05) is 23.7 Å². The Morgan fingerprint density at radius 3 is 2.86 bits per heavy atom. The first-order valence-corrected chi connectivity index (χ1v) is 6.92. The molecule has 0 radical (unpaired) electrons. The predicted octanol–water partition coefficient (Wildman–Crippen LogP) is 3.08. The summed E-state index contributed by atoms with van der Waals surface area (Å²) in [6.45, 7) is 0.290. The second-order valence-corrected chi connectivity index (χ2v) is 5.19. The Morgan fingerprint density at radius 2 is 2.09 bits per heavy atom. The highest BCUT2D eigenvalue weighted by atomic mass is 35.5. The molecule has 0 spiro atoms. The van der Waals surface area contributed by atoms with Gasteiger partial charge in [0.25, 0.3) is 0 Å². The lowest BCUT2D eigenvalue weighted by Crippen LogP contribution is -2.15. The molecule has 0 unspecified atom stereocenters. The molecule has 3 aromatic rings. The molecule has 1 aromatic heterocycles. The van der Waals surface area contributed by atoms with Gasteiger partial charge >= 0.3 is 11.7 Å². The highest BCUT2D eigenvalue weighted by Gasteiger charge is 2.11. The average molecular weight is 318 g/mol. The predicted molar refractivity (Wildman–Crippen MR) is 82.4 cm³/mol. The molecule has 5 nitrogen and oxygen atoms in total. The zero-order valence-electron chi connectivity index (χ0n) is 11.7. The molecule has 0 aliphatic heterocycles. The first-order chi connectivity index (χ1) is 10.6. The van der Waals surface area contributed by atoms with Crippen molar-refractivity contribution in [2.75, 3.05) is 7.11 Å². The van der Waals surface area contributed by atoms with Crippen LogP contribution in [0, 0.1) is 0 Å². The van der Waals surface area contributed by atoms with Crippen LogP contribution < -0.4 is 5.76 Å². The van der Waals surface area contributed by atoms with Gasteiger partial charge in [-0.05, 0) is 29.8 Å². The number of halogens is 1. The van der Waals surface area contributed by atoms with E-state index in [4.69, 9.17) is 20.8 Å². The second kappa shape index (κ2) is 5.69. The molecule has 0 aliphatic carbocycles. The van der Waals surface area contributed by atoms with Gasteiger partial charge in [-0.15, -0.1) is 0 Å². The summed E-state index contributed by atoms with van der Waals surface area (Å²) in [6, 6.07) is 11.9. The number of ether oxygens (including phenoxy) is 1. The maximum Gasteiger partial charge on any atom is 0.420 e. The number of benzene rings is 2. The van der Waals surface area contributed by atoms with E-state index in [2.05, 4.69) is 0 Å². The normalized spacial score (nSPS) is 10.8. The molecule has 1 heterocycles. The topological polar surface area (TPSA) is 61.4 Å². The number of hydrogen-bond acceptors (Lipinski definition) is 4. The number of oxazole rings is 1. The molecule has 0 bridgehead atoms. The lowest BCUT2D eigenvalue weighted by atomic mass is 10.1. The number of carbonyl (C=O) groups excluding carboxylic acids is 1. The summed E-state index contributed by atoms with van der Waals surface area (Å²) in [5.41, 5.74) is 2.31. The quantitative estimate of drug-likeness (QED) is 0.696. The largest absolute Gasteiger partial charge is 0.465 e. The number of esters is 1. The van der Waals surface area contributed by atoms with E-state index in [1.54, 1.807) is 36.4 Å². The number of methoxy groups -OCH3 is 1. The van der Waals surface area contributed by atoms with E-state index in [0.29, 0.717) is 21.7 Å². The van der Waals surface area contributed by atoms with E-state index in [1.165, 1.54) is 11.7 Å². The maximum atomic E-state index is 12.0. The van der Waals surface area contributed by atoms with Crippen LogP contribution in [-0.4, -0.2) is 17.6 Å². The fraction of sp³-hybridized carbons (Fsp3) is 0.125. The van der Waals surface area contributed by atoms with Crippen LogP contribution in [-0.2, 0) is 11.3 Å². The Hall–Kier alpha value is -2.53. The Bertz CT molecular complexity index is 910. The van der Waals surface area contributed by atoms with Crippen molar-refractivity contribution in [1.29, 1.82) is 0 Å². The SMILES string of the molecule is COC(=O)c1cccc(Cn2c(=O)oc3cc(Cl)ccc32)c1. The summed E-state index contributed by atoms with van der Waals surface area (Å²) in [6.07, 6.45) is 0. The zero-order valence-corrected chi connectivity index (χ0v) is 12.5. The van der Waals surface area contributed by atoms with E-state index >= 15 is 0 Å². The molecule has 112 valence electrons. The summed E-state index contributed by atoms with van der Waals surface area (Å²) in [4.78, 5) is 23.6. The first kappa shape index (κ1) is 14.4. The highest BCUT2D eigenvalue weighted by molar-refractivity contribution is 6.31. The number of hydrogen-bond donors (Lipinski definition) is 0. The van der Waals surface area contributed by atoms with Gasteiger partial charge in [0.1, 0.15) is 0 Å². The third-order valence-corrected chi connectivity index (χ3v) is 3.55. The van der Waals surface area contributed by atoms with Crippen LogP contribution in [0.1, 0.15) is 15.9 Å². The van der Waals surface area contributed by atoms with Crippen molar-refractivity contribution >= 4 is 28.7 Å². The Morgan fingerprint density at radius 1 is 1.27 bits per heavy atom. The number of carbonyl (C=O) groups is 1. The van der Waals surface area contributed by atoms with Crippen molar-refractivity contribution in [3.05, 3.63) is 69.2 Å². The minimum absolute atomic E-state index is 0.290. The van der Waals surface area contributed by atoms with Crippen LogP contribution in [0.2, 0.25) is 5.02 Å². The van der Waals surface area contributed by atoms with Gasteiger partial charge in [-0.3, -0.25) is 4.57 Å². The molecule has 0 saturated heterocycles. The van der Waals surface area contributed by atoms with Gasteiger partial charge in [-0.25, -0.2) is 9.59 Å². The Balaban J connectivity index is 2.02. The number of fused-ring (bicyclic) bond motifs is 1. The van der Waals surface area contributed by atoms with Gasteiger partial charge in [0.05, 0.1) is 24.7 Å². The lowest BCUT2D eigenvalue weighted by molar-refractivity contribution is 0.0600. The average Bonchev–Trinajstić information content (AvgIpc) is 2.82. The first-order valence-electron chi connectivity index (χ1n) is 6.54. The summed E-state index contributed by atoms with van der Waals surface area (Å²) >= 11 is 5.89. The molecular formula is C16H12ClNO4. The molecule has 0 saturated carbocycles. The van der Waals surface area contributed by atoms with Gasteiger partial charge < -0.3 is 9.15 Å². The summed E-state index contributed by atoms with van der Waals surface area (Å²) in [5.74, 6) is -0.890. The monoisotopic (exact) mass is 317 g/mol. The van der Waals surface area contributed by atoms with Gasteiger partial charge in [0, 0.05) is 11.1 Å². The van der Waals surface area contributed by atoms with E-state index < -0.39 is 11.7 Å². The third kappa shape index (κ3) is 2.63. The molecule has 0 fully saturated rings. The molecule has 22 heavy (non-hydrogen) atoms. The summed E-state index contributed by atoms with van der Waals surface area (Å²) < 4.78 is 11.4. The van der Waals surface area contributed by atoms with E-state index in [0.717, 1.165) is 5.56 Å². The van der Waals surface area contributed by atoms with Crippen molar-refractivity contribution in [1.82, 2.24) is 4.57 Å². The van der Waals surface area contributed by atoms with E-state index in [-0.39, 0.29) is 6.54 Å². The molecule has 6 heteroatoms. The maximum absolute atomic E-state index is 12.0. The number of rotatable bonds is 3. The van der Waals surface area contributed by atoms with Crippen molar-refractivity contribution in [2.24, 2.45) is 0 Å². The number of aromatic nitrogens is 1. The van der Waals surface area contributed by atoms with Crippen molar-refractivity contribution in [2.45, 2.75) is 6.54 Å². The molecule has 2 aromatic carbocycles. The van der Waals surface area contributed by atoms with E-state index in [1.807, 2.05) is 6.07 Å². The summed E-state index contributed by atoms with van der Waals surface area (Å²) in [7, 11) is 1.33. The zero-order chi connectivity index (χ0) is 15.7. The lowest BCUT2D eigenvalue weighted by Gasteiger charge is -2.05. The van der Waals surface area contributed by atoms with Crippen LogP contribution in [0.15, 0.2) is 51.7 Å². The van der Waals surface area contributed by atoms with Crippen molar-refractivity contribution in [3.63, 3.8) is 0 Å². The minimum atomic E-state index is -0.472. The Kier molecular flexibility index (Phi) is 3.73. The van der Waals surface area contributed by atoms with Crippen LogP contribution in [0.5, 0.6) is 0 Å². The van der Waals surface area contributed by atoms with Crippen LogP contribution in [0.3, 0.4) is 0 Å². The molecule has 0 amide bonds. The smallest absolute Gasteiger partial charge is 0.420 e. The molecule has 0 N–H and O–H groups in total. The van der Waals surface area contributed by atoms with Crippen LogP contribution in [0.4, 0.5) is 0 Å². The van der Waals surface area contributed by atoms with Crippen LogP contribution in [0.25, 0.3) is 11.1 Å². The molecule has 0 atom stereocenters. The van der Waals surface area contributed by atoms with Crippen molar-refractivity contribution < 1.29 is 13.9 Å². The molecule has 0 aliphatic rings. The standard InChI is InChI=1S/C16H12ClNO4/c1-21-15(19)11-4-2-3-10(7-11)9-18-13-6-5-12(17)8-14(13)22-16(18)20/h2-8H,9H2,1H3.